The molecule has 0 fully saturated rings. The van der Waals surface area contributed by atoms with Crippen LogP contribution in [0.25, 0.3) is 0 Å². The minimum absolute atomic E-state index is 0.0369. The van der Waals surface area contributed by atoms with Gasteiger partial charge in [0.05, 0.1) is 17.1 Å². The van der Waals surface area contributed by atoms with Crippen LogP contribution in [0.3, 0.4) is 0 Å². The summed E-state index contributed by atoms with van der Waals surface area (Å²) in [5.41, 5.74) is 2.32. The third kappa shape index (κ3) is 3.18. The number of carbonyl (C=O) groups excluding carboxylic acids is 1. The average molecular weight is 345 g/mol. The highest BCUT2D eigenvalue weighted by molar-refractivity contribution is 7.89. The van der Waals surface area contributed by atoms with Crippen molar-refractivity contribution in [3.63, 3.8) is 0 Å². The first-order chi connectivity index (χ1) is 11.4. The van der Waals surface area contributed by atoms with Crippen molar-refractivity contribution in [3.8, 4) is 0 Å². The van der Waals surface area contributed by atoms with Crippen molar-refractivity contribution in [2.45, 2.75) is 37.8 Å². The second kappa shape index (κ2) is 6.33. The van der Waals surface area contributed by atoms with Gasteiger partial charge in [0.25, 0.3) is 0 Å². The van der Waals surface area contributed by atoms with Crippen molar-refractivity contribution >= 4 is 21.6 Å². The zero-order chi connectivity index (χ0) is 17.3. The van der Waals surface area contributed by atoms with E-state index in [1.54, 1.807) is 35.4 Å². The van der Waals surface area contributed by atoms with Crippen molar-refractivity contribution in [1.29, 1.82) is 0 Å². The van der Waals surface area contributed by atoms with Gasteiger partial charge >= 0.3 is 0 Å². The molecule has 1 aromatic heterocycles. The lowest BCUT2D eigenvalue weighted by atomic mass is 10.1. The van der Waals surface area contributed by atoms with Gasteiger partial charge in [-0.1, -0.05) is 6.07 Å². The predicted molar refractivity (Wildman–Crippen MR) is 91.0 cm³/mol. The van der Waals surface area contributed by atoms with Crippen molar-refractivity contribution in [1.82, 2.24) is 9.71 Å². The number of hydrogen-bond acceptors (Lipinski definition) is 4. The topological polar surface area (TPSA) is 79.4 Å². The lowest BCUT2D eigenvalue weighted by molar-refractivity contribution is -0.116. The van der Waals surface area contributed by atoms with E-state index in [2.05, 4.69) is 9.71 Å². The number of rotatable bonds is 4. The van der Waals surface area contributed by atoms with Crippen LogP contribution in [0.1, 0.15) is 25.1 Å². The van der Waals surface area contributed by atoms with Crippen LogP contribution in [0, 0.1) is 0 Å². The highest BCUT2D eigenvalue weighted by Crippen LogP contribution is 2.33. The van der Waals surface area contributed by atoms with E-state index in [9.17, 15) is 13.2 Å². The van der Waals surface area contributed by atoms with Gasteiger partial charge in [0.1, 0.15) is 0 Å². The van der Waals surface area contributed by atoms with E-state index in [0.29, 0.717) is 12.1 Å². The molecule has 24 heavy (non-hydrogen) atoms. The van der Waals surface area contributed by atoms with Gasteiger partial charge in [-0.15, -0.1) is 0 Å². The first kappa shape index (κ1) is 16.6. The second-order valence-electron chi connectivity index (χ2n) is 5.88. The summed E-state index contributed by atoms with van der Waals surface area (Å²) in [7, 11) is -3.63. The van der Waals surface area contributed by atoms with E-state index in [1.807, 2.05) is 13.0 Å². The summed E-state index contributed by atoms with van der Waals surface area (Å²) in [6.07, 6.45) is 2.27. The molecule has 6 nitrogen and oxygen atoms in total. The molecule has 1 aliphatic rings. The molecule has 1 atom stereocenters. The number of amides is 1. The summed E-state index contributed by atoms with van der Waals surface area (Å²) >= 11 is 0. The first-order valence-electron chi connectivity index (χ1n) is 7.71. The Morgan fingerprint density at radius 2 is 2.12 bits per heavy atom. The van der Waals surface area contributed by atoms with Crippen molar-refractivity contribution < 1.29 is 13.2 Å². The molecule has 0 saturated heterocycles. The molecule has 0 aliphatic carbocycles. The third-order valence-corrected chi connectivity index (χ3v) is 5.48. The Balaban J connectivity index is 1.83. The van der Waals surface area contributed by atoms with Gasteiger partial charge in [0, 0.05) is 24.8 Å². The molecule has 1 unspecified atom stereocenters. The maximum atomic E-state index is 12.5. The van der Waals surface area contributed by atoms with Crippen molar-refractivity contribution in [3.05, 3.63) is 53.9 Å². The minimum atomic E-state index is -3.63. The quantitative estimate of drug-likeness (QED) is 0.917. The number of benzene rings is 1. The van der Waals surface area contributed by atoms with E-state index in [-0.39, 0.29) is 23.4 Å². The van der Waals surface area contributed by atoms with Crippen molar-refractivity contribution in [2.75, 3.05) is 4.90 Å². The second-order valence-corrected chi connectivity index (χ2v) is 7.65. The number of pyridine rings is 1. The standard InChI is InChI=1S/C17H19N3O3S/c1-12-9-14-10-16(6-7-17(14)20(12)13(2)21)24(22,23)19-11-15-5-3-4-8-18-15/h3-8,10,12,19H,9,11H2,1-2H3. The molecule has 0 saturated carbocycles. The Labute approximate surface area is 141 Å². The monoisotopic (exact) mass is 345 g/mol. The van der Waals surface area contributed by atoms with E-state index >= 15 is 0 Å². The molecule has 0 radical (unpaired) electrons. The molecule has 0 spiro atoms. The lowest BCUT2D eigenvalue weighted by Gasteiger charge is -2.20. The maximum Gasteiger partial charge on any atom is 0.240 e. The van der Waals surface area contributed by atoms with Crippen LogP contribution in [0.2, 0.25) is 0 Å². The molecular formula is C17H19N3O3S. The van der Waals surface area contributed by atoms with Gasteiger partial charge in [0.2, 0.25) is 15.9 Å². The van der Waals surface area contributed by atoms with Crippen LogP contribution in [-0.4, -0.2) is 25.4 Å². The maximum absolute atomic E-state index is 12.5. The fourth-order valence-corrected chi connectivity index (χ4v) is 4.06. The number of hydrogen-bond donors (Lipinski definition) is 1. The summed E-state index contributed by atoms with van der Waals surface area (Å²) in [6, 6.07) is 10.3. The number of nitrogens with zero attached hydrogens (tertiary/aromatic N) is 2. The molecule has 1 aliphatic heterocycles. The summed E-state index contributed by atoms with van der Waals surface area (Å²) in [6.45, 7) is 3.61. The van der Waals surface area contributed by atoms with E-state index in [1.165, 1.54) is 13.0 Å². The molecule has 2 aromatic rings. The third-order valence-electron chi connectivity index (χ3n) is 4.09. The molecule has 0 bridgehead atoms. The van der Waals surface area contributed by atoms with Crippen LogP contribution >= 0.6 is 0 Å². The van der Waals surface area contributed by atoms with Gasteiger partial charge in [-0.05, 0) is 49.2 Å². The molecular weight excluding hydrogens is 326 g/mol. The Morgan fingerprint density at radius 1 is 1.33 bits per heavy atom. The molecule has 7 heteroatoms. The van der Waals surface area contributed by atoms with Crippen LogP contribution in [-0.2, 0) is 27.8 Å². The molecule has 1 N–H and O–H groups in total. The zero-order valence-corrected chi connectivity index (χ0v) is 14.4. The average Bonchev–Trinajstić information content (AvgIpc) is 2.89. The highest BCUT2D eigenvalue weighted by Gasteiger charge is 2.30. The number of nitrogens with one attached hydrogen (secondary N) is 1. The van der Waals surface area contributed by atoms with Gasteiger partial charge in [-0.25, -0.2) is 13.1 Å². The summed E-state index contributed by atoms with van der Waals surface area (Å²) in [5, 5.41) is 0. The predicted octanol–water partition coefficient (Wildman–Crippen LogP) is 1.86. The normalized spacial score (nSPS) is 16.9. The Hall–Kier alpha value is -2.25. The summed E-state index contributed by atoms with van der Waals surface area (Å²) < 4.78 is 27.5. The first-order valence-corrected chi connectivity index (χ1v) is 9.19. The minimum Gasteiger partial charge on any atom is -0.309 e. The van der Waals surface area contributed by atoms with Gasteiger partial charge < -0.3 is 4.90 Å². The Morgan fingerprint density at radius 3 is 2.79 bits per heavy atom. The van der Waals surface area contributed by atoms with E-state index < -0.39 is 10.0 Å². The fourth-order valence-electron chi connectivity index (χ4n) is 3.01. The number of fused-ring (bicyclic) bond motifs is 1. The lowest BCUT2D eigenvalue weighted by Crippen LogP contribution is -2.33. The van der Waals surface area contributed by atoms with Gasteiger partial charge in [0.15, 0.2) is 0 Å². The summed E-state index contributed by atoms with van der Waals surface area (Å²) in [4.78, 5) is 17.8. The number of sulfonamides is 1. The van der Waals surface area contributed by atoms with E-state index in [4.69, 9.17) is 0 Å². The summed E-state index contributed by atoms with van der Waals surface area (Å²) in [5.74, 6) is -0.0369. The molecule has 126 valence electrons. The van der Waals surface area contributed by atoms with Crippen LogP contribution in [0.15, 0.2) is 47.5 Å². The highest BCUT2D eigenvalue weighted by atomic mass is 32.2. The van der Waals surface area contributed by atoms with Gasteiger partial charge in [-0.2, -0.15) is 0 Å². The molecule has 3 rings (SSSR count). The smallest absolute Gasteiger partial charge is 0.240 e. The van der Waals surface area contributed by atoms with Crippen LogP contribution < -0.4 is 9.62 Å². The van der Waals surface area contributed by atoms with Gasteiger partial charge in [-0.3, -0.25) is 9.78 Å². The van der Waals surface area contributed by atoms with E-state index in [0.717, 1.165) is 11.3 Å². The Kier molecular flexibility index (Phi) is 4.38. The molecule has 1 amide bonds. The SMILES string of the molecule is CC(=O)N1c2ccc(S(=O)(=O)NCc3ccccn3)cc2CC1C. The molecule has 2 heterocycles. The fraction of sp³-hybridized carbons (Fsp3) is 0.294. The number of aromatic nitrogens is 1. The number of carbonyl (C=O) groups is 1. The zero-order valence-electron chi connectivity index (χ0n) is 13.6. The Bertz CT molecular complexity index is 866. The number of anilines is 1. The van der Waals surface area contributed by atoms with Crippen molar-refractivity contribution in [2.24, 2.45) is 0 Å². The largest absolute Gasteiger partial charge is 0.309 e. The van der Waals surface area contributed by atoms with Crippen LogP contribution in [0.5, 0.6) is 0 Å². The van der Waals surface area contributed by atoms with Crippen LogP contribution in [0.4, 0.5) is 5.69 Å². The molecule has 1 aromatic carbocycles.